The molecule has 0 N–H and O–H groups in total. The van der Waals surface area contributed by atoms with E-state index in [2.05, 4.69) is 36.9 Å². The third-order valence-electron chi connectivity index (χ3n) is 8.94. The van der Waals surface area contributed by atoms with Crippen LogP contribution in [0, 0.1) is 23.7 Å². The minimum atomic E-state index is 0. The van der Waals surface area contributed by atoms with E-state index in [-0.39, 0.29) is 23.7 Å². The molecule has 1 aromatic carbocycles. The minimum Gasteiger partial charge on any atom is -0.497 e. The van der Waals surface area contributed by atoms with Gasteiger partial charge in [-0.25, -0.2) is 0 Å². The molecule has 0 spiro atoms. The van der Waals surface area contributed by atoms with E-state index >= 15 is 0 Å². The van der Waals surface area contributed by atoms with E-state index < -0.39 is 0 Å². The summed E-state index contributed by atoms with van der Waals surface area (Å²) in [4.78, 5) is 16.0. The van der Waals surface area contributed by atoms with Crippen molar-refractivity contribution in [3.8, 4) is 5.75 Å². The first-order valence-corrected chi connectivity index (χ1v) is 11.5. The normalized spacial score (nSPS) is 36.4. The molecule has 1 aliphatic heterocycles. The van der Waals surface area contributed by atoms with Crippen LogP contribution in [0.15, 0.2) is 18.2 Å². The van der Waals surface area contributed by atoms with E-state index in [1.807, 2.05) is 0 Å². The van der Waals surface area contributed by atoms with Crippen LogP contribution in [0.25, 0.3) is 0 Å². The van der Waals surface area contributed by atoms with Crippen LogP contribution in [0.3, 0.4) is 0 Å². The van der Waals surface area contributed by atoms with Gasteiger partial charge in [-0.1, -0.05) is 32.8 Å². The number of hydrogen-bond acceptors (Lipinski definition) is 3. The van der Waals surface area contributed by atoms with Gasteiger partial charge in [-0.2, -0.15) is 0 Å². The summed E-state index contributed by atoms with van der Waals surface area (Å²) in [5.74, 6) is 3.67. The summed E-state index contributed by atoms with van der Waals surface area (Å²) >= 11 is 0. The molecule has 3 aliphatic carbocycles. The van der Waals surface area contributed by atoms with Gasteiger partial charge in [0.2, 0.25) is 0 Å². The summed E-state index contributed by atoms with van der Waals surface area (Å²) in [6.07, 6.45) is 8.39. The van der Waals surface area contributed by atoms with Gasteiger partial charge in [0.1, 0.15) is 11.5 Å². The second kappa shape index (κ2) is 7.89. The van der Waals surface area contributed by atoms with Crippen LogP contribution >= 0.6 is 12.4 Å². The molecule has 5 atom stereocenters. The van der Waals surface area contributed by atoms with E-state index in [0.29, 0.717) is 23.7 Å². The molecule has 3 fully saturated rings. The number of rotatable bonds is 4. The van der Waals surface area contributed by atoms with Crippen molar-refractivity contribution in [2.75, 3.05) is 20.2 Å². The first-order valence-electron chi connectivity index (χ1n) is 11.5. The zero-order valence-corrected chi connectivity index (χ0v) is 19.0. The molecule has 4 aliphatic rings. The molecule has 5 rings (SSSR count). The number of ketones is 1. The van der Waals surface area contributed by atoms with Crippen molar-refractivity contribution in [2.24, 2.45) is 23.7 Å². The first-order chi connectivity index (χ1) is 13.6. The van der Waals surface area contributed by atoms with Crippen LogP contribution in [0.5, 0.6) is 5.75 Å². The Kier molecular flexibility index (Phi) is 5.76. The van der Waals surface area contributed by atoms with Gasteiger partial charge < -0.3 is 4.74 Å². The highest BCUT2D eigenvalue weighted by atomic mass is 35.5. The summed E-state index contributed by atoms with van der Waals surface area (Å²) in [7, 11) is 1.76. The fraction of sp³-hybridized carbons (Fsp3) is 0.720. The molecule has 2 unspecified atom stereocenters. The molecular formula is C25H36ClNO2. The summed E-state index contributed by atoms with van der Waals surface area (Å²) in [5, 5.41) is 0. The number of Topliss-reactive ketones (excluding diaryl/α,β-unsaturated/α-hetero) is 1. The monoisotopic (exact) mass is 417 g/mol. The van der Waals surface area contributed by atoms with Crippen molar-refractivity contribution in [1.29, 1.82) is 0 Å². The summed E-state index contributed by atoms with van der Waals surface area (Å²) in [6, 6.07) is 7.29. The van der Waals surface area contributed by atoms with E-state index in [0.717, 1.165) is 43.9 Å². The predicted molar refractivity (Wildman–Crippen MR) is 119 cm³/mol. The fourth-order valence-electron chi connectivity index (χ4n) is 7.25. The van der Waals surface area contributed by atoms with E-state index in [1.54, 1.807) is 7.11 Å². The molecular weight excluding hydrogens is 382 g/mol. The van der Waals surface area contributed by atoms with E-state index in [9.17, 15) is 4.79 Å². The summed E-state index contributed by atoms with van der Waals surface area (Å²) in [5.41, 5.74) is 2.94. The van der Waals surface area contributed by atoms with E-state index in [1.165, 1.54) is 36.9 Å². The SMILES string of the molecule is CC[C@H]1[C@H](C)C(=O)CC23CCN(CC4CCC4)C(Cc4ccc(OC)cc42)[C@H]13.Cl. The maximum absolute atomic E-state index is 13.1. The lowest BCUT2D eigenvalue weighted by molar-refractivity contribution is -0.140. The molecule has 1 aromatic rings. The Morgan fingerprint density at radius 1 is 1.28 bits per heavy atom. The molecule has 160 valence electrons. The number of halogens is 1. The Morgan fingerprint density at radius 3 is 2.72 bits per heavy atom. The largest absolute Gasteiger partial charge is 0.497 e. The first kappa shape index (κ1) is 21.2. The highest BCUT2D eigenvalue weighted by Gasteiger charge is 2.60. The lowest BCUT2D eigenvalue weighted by atomic mass is 9.47. The van der Waals surface area contributed by atoms with Gasteiger partial charge in [0.05, 0.1) is 7.11 Å². The van der Waals surface area contributed by atoms with Crippen LogP contribution in [-0.4, -0.2) is 36.9 Å². The third-order valence-corrected chi connectivity index (χ3v) is 8.94. The second-order valence-electron chi connectivity index (χ2n) is 10.0. The Bertz CT molecular complexity index is 776. The van der Waals surface area contributed by atoms with Crippen LogP contribution in [0.4, 0.5) is 0 Å². The molecule has 0 amide bonds. The van der Waals surface area contributed by atoms with Crippen LogP contribution in [0.2, 0.25) is 0 Å². The Morgan fingerprint density at radius 2 is 2.07 bits per heavy atom. The number of carbonyl (C=O) groups excluding carboxylic acids is 1. The van der Waals surface area contributed by atoms with Crippen molar-refractivity contribution in [3.63, 3.8) is 0 Å². The number of fused-ring (bicyclic) bond motifs is 1. The van der Waals surface area contributed by atoms with E-state index in [4.69, 9.17) is 4.74 Å². The summed E-state index contributed by atoms with van der Waals surface area (Å²) < 4.78 is 5.60. The standard InChI is InChI=1S/C25H35NO2.ClH/c1-4-20-16(2)23(27)14-25-10-11-26(15-17-6-5-7-17)22(24(20)25)12-18-8-9-19(28-3)13-21(18)25;/h8-9,13,16-17,20,22,24H,4-7,10-12,14-15H2,1-3H3;1H/t16-,20-,22?,24-,25?;/m0./s1. The number of carbonyl (C=O) groups is 1. The number of piperidine rings is 1. The maximum atomic E-state index is 13.1. The van der Waals surface area contributed by atoms with Crippen LogP contribution in [-0.2, 0) is 16.6 Å². The second-order valence-corrected chi connectivity index (χ2v) is 10.0. The molecule has 4 heteroatoms. The van der Waals surface area contributed by atoms with Crippen molar-refractivity contribution in [2.45, 2.75) is 70.3 Å². The smallest absolute Gasteiger partial charge is 0.136 e. The number of benzene rings is 1. The average Bonchev–Trinajstić information content (AvgIpc) is 2.67. The molecule has 1 saturated heterocycles. The van der Waals surface area contributed by atoms with Gasteiger partial charge in [0.25, 0.3) is 0 Å². The molecule has 2 bridgehead atoms. The lowest BCUT2D eigenvalue weighted by Gasteiger charge is -2.62. The highest BCUT2D eigenvalue weighted by molar-refractivity contribution is 5.85. The zero-order chi connectivity index (χ0) is 19.5. The number of ether oxygens (including phenoxy) is 1. The quantitative estimate of drug-likeness (QED) is 0.687. The Hall–Kier alpha value is -1.06. The number of hydrogen-bond donors (Lipinski definition) is 0. The predicted octanol–water partition coefficient (Wildman–Crippen LogP) is 5.04. The molecule has 1 heterocycles. The van der Waals surface area contributed by atoms with Gasteiger partial charge in [-0.05, 0) is 73.2 Å². The minimum absolute atomic E-state index is 0. The average molecular weight is 418 g/mol. The topological polar surface area (TPSA) is 29.5 Å². The van der Waals surface area contributed by atoms with Crippen molar-refractivity contribution >= 4 is 18.2 Å². The molecule has 29 heavy (non-hydrogen) atoms. The Balaban J connectivity index is 0.00000205. The van der Waals surface area contributed by atoms with Gasteiger partial charge in [0, 0.05) is 30.3 Å². The van der Waals surface area contributed by atoms with Crippen LogP contribution in [0.1, 0.15) is 63.5 Å². The fourth-order valence-corrected chi connectivity index (χ4v) is 7.25. The highest BCUT2D eigenvalue weighted by Crippen LogP contribution is 2.59. The van der Waals surface area contributed by atoms with Gasteiger partial charge in [-0.3, -0.25) is 9.69 Å². The van der Waals surface area contributed by atoms with Gasteiger partial charge >= 0.3 is 0 Å². The molecule has 0 aromatic heterocycles. The third kappa shape index (κ3) is 3.15. The molecule has 0 radical (unpaired) electrons. The zero-order valence-electron chi connectivity index (χ0n) is 18.2. The van der Waals surface area contributed by atoms with Gasteiger partial charge in [-0.15, -0.1) is 12.4 Å². The molecule has 2 saturated carbocycles. The van der Waals surface area contributed by atoms with Crippen LogP contribution < -0.4 is 4.74 Å². The number of likely N-dealkylation sites (tertiary alicyclic amines) is 1. The number of methoxy groups -OCH3 is 1. The summed E-state index contributed by atoms with van der Waals surface area (Å²) in [6.45, 7) is 6.95. The van der Waals surface area contributed by atoms with Crippen molar-refractivity contribution in [3.05, 3.63) is 29.3 Å². The maximum Gasteiger partial charge on any atom is 0.136 e. The van der Waals surface area contributed by atoms with Crippen molar-refractivity contribution in [1.82, 2.24) is 4.90 Å². The van der Waals surface area contributed by atoms with Gasteiger partial charge in [0.15, 0.2) is 0 Å². The lowest BCUT2D eigenvalue weighted by Crippen LogP contribution is -2.66. The number of nitrogens with zero attached hydrogens (tertiary/aromatic N) is 1. The van der Waals surface area contributed by atoms with Crippen molar-refractivity contribution < 1.29 is 9.53 Å². The molecule has 3 nitrogen and oxygen atoms in total. The Labute approximate surface area is 182 Å².